The van der Waals surface area contributed by atoms with Crippen molar-refractivity contribution >= 4 is 17.3 Å². The van der Waals surface area contributed by atoms with Crippen molar-refractivity contribution in [3.8, 4) is 5.75 Å². The molecule has 0 radical (unpaired) electrons. The summed E-state index contributed by atoms with van der Waals surface area (Å²) in [6.45, 7) is 4.18. The zero-order valence-electron chi connectivity index (χ0n) is 17.3. The van der Waals surface area contributed by atoms with Crippen LogP contribution in [-0.2, 0) is 6.42 Å². The molecular formula is C22H29N5O3. The van der Waals surface area contributed by atoms with Gasteiger partial charge in [0.05, 0.1) is 10.6 Å². The van der Waals surface area contributed by atoms with E-state index in [0.717, 1.165) is 69.2 Å². The summed E-state index contributed by atoms with van der Waals surface area (Å²) in [5, 5.41) is 24.2. The number of anilines is 1. The van der Waals surface area contributed by atoms with E-state index in [1.165, 1.54) is 0 Å². The van der Waals surface area contributed by atoms with Gasteiger partial charge in [-0.1, -0.05) is 24.3 Å². The number of nitro groups is 1. The summed E-state index contributed by atoms with van der Waals surface area (Å²) in [5.41, 5.74) is 2.13. The molecule has 1 fully saturated rings. The number of aryl methyl sites for hydroxylation is 1. The summed E-state index contributed by atoms with van der Waals surface area (Å²) in [7, 11) is 1.80. The van der Waals surface area contributed by atoms with Crippen LogP contribution >= 0.6 is 0 Å². The first-order chi connectivity index (χ1) is 14.6. The van der Waals surface area contributed by atoms with Crippen molar-refractivity contribution in [1.29, 1.82) is 0 Å². The minimum Gasteiger partial charge on any atom is -0.506 e. The van der Waals surface area contributed by atoms with Gasteiger partial charge in [-0.25, -0.2) is 0 Å². The van der Waals surface area contributed by atoms with Crippen LogP contribution in [0.4, 0.5) is 11.4 Å². The average Bonchev–Trinajstić information content (AvgIpc) is 2.77. The molecule has 2 aromatic carbocycles. The van der Waals surface area contributed by atoms with Crippen molar-refractivity contribution in [2.24, 2.45) is 4.99 Å². The van der Waals surface area contributed by atoms with Crippen LogP contribution in [0.25, 0.3) is 0 Å². The zero-order valence-corrected chi connectivity index (χ0v) is 17.3. The van der Waals surface area contributed by atoms with Gasteiger partial charge < -0.3 is 20.2 Å². The highest BCUT2D eigenvalue weighted by atomic mass is 16.6. The first-order valence-electron chi connectivity index (χ1n) is 10.3. The highest BCUT2D eigenvalue weighted by molar-refractivity contribution is 5.80. The molecule has 0 amide bonds. The Morgan fingerprint density at radius 3 is 2.43 bits per heavy atom. The maximum absolute atomic E-state index is 10.7. The normalized spacial score (nSPS) is 14.6. The second kappa shape index (κ2) is 10.5. The van der Waals surface area contributed by atoms with E-state index in [0.29, 0.717) is 5.75 Å². The van der Waals surface area contributed by atoms with E-state index >= 15 is 0 Å². The molecule has 8 nitrogen and oxygen atoms in total. The van der Waals surface area contributed by atoms with Gasteiger partial charge >= 0.3 is 0 Å². The van der Waals surface area contributed by atoms with E-state index in [1.807, 2.05) is 30.3 Å². The summed E-state index contributed by atoms with van der Waals surface area (Å²) in [6.07, 6.45) is 2.90. The number of hydrogen-bond donors (Lipinski definition) is 2. The molecule has 2 N–H and O–H groups in total. The van der Waals surface area contributed by atoms with E-state index in [9.17, 15) is 15.2 Å². The van der Waals surface area contributed by atoms with Gasteiger partial charge in [0.2, 0.25) is 0 Å². The summed E-state index contributed by atoms with van der Waals surface area (Å²) in [6, 6.07) is 14.2. The number of para-hydroxylation sites is 2. The standard InChI is InChI=1S/C22H29N5O3/c1-23-22(24-13-5-4-6-18-9-11-19(12-10-18)27(29)30)26-16-14-25(15-17-26)20-7-2-3-8-21(20)28/h2-3,7-12,28H,4-6,13-17H2,1H3,(H,23,24). The molecule has 0 atom stereocenters. The third-order valence-corrected chi connectivity index (χ3v) is 5.34. The maximum Gasteiger partial charge on any atom is 0.269 e. The first kappa shape index (κ1) is 21.4. The molecule has 1 saturated heterocycles. The van der Waals surface area contributed by atoms with E-state index in [1.54, 1.807) is 25.2 Å². The molecular weight excluding hydrogens is 382 g/mol. The van der Waals surface area contributed by atoms with Crippen LogP contribution in [-0.4, -0.2) is 60.7 Å². The Hall–Kier alpha value is -3.29. The molecule has 0 bridgehead atoms. The molecule has 8 heteroatoms. The molecule has 0 aliphatic carbocycles. The number of phenols is 1. The number of nitro benzene ring substituents is 1. The Balaban J connectivity index is 1.38. The number of guanidine groups is 1. The number of piperazine rings is 1. The minimum atomic E-state index is -0.373. The van der Waals surface area contributed by atoms with Crippen molar-refractivity contribution < 1.29 is 10.0 Å². The van der Waals surface area contributed by atoms with Crippen molar-refractivity contribution in [2.45, 2.75) is 19.3 Å². The Morgan fingerprint density at radius 2 is 1.80 bits per heavy atom. The second-order valence-corrected chi connectivity index (χ2v) is 7.32. The Morgan fingerprint density at radius 1 is 1.10 bits per heavy atom. The molecule has 0 saturated carbocycles. The van der Waals surface area contributed by atoms with Crippen LogP contribution < -0.4 is 10.2 Å². The molecule has 0 unspecified atom stereocenters. The third kappa shape index (κ3) is 5.62. The van der Waals surface area contributed by atoms with Crippen LogP contribution in [0.2, 0.25) is 0 Å². The monoisotopic (exact) mass is 411 g/mol. The fourth-order valence-corrected chi connectivity index (χ4v) is 3.66. The summed E-state index contributed by atoms with van der Waals surface area (Å²) in [5.74, 6) is 1.23. The summed E-state index contributed by atoms with van der Waals surface area (Å²) >= 11 is 0. The number of hydrogen-bond acceptors (Lipinski definition) is 5. The van der Waals surface area contributed by atoms with Gasteiger partial charge in [-0.15, -0.1) is 0 Å². The van der Waals surface area contributed by atoms with Gasteiger partial charge in [0.25, 0.3) is 5.69 Å². The largest absolute Gasteiger partial charge is 0.506 e. The number of aromatic hydroxyl groups is 1. The fourth-order valence-electron chi connectivity index (χ4n) is 3.66. The molecule has 0 spiro atoms. The first-order valence-corrected chi connectivity index (χ1v) is 10.3. The van der Waals surface area contributed by atoms with Gasteiger partial charge in [0.15, 0.2) is 5.96 Å². The molecule has 1 heterocycles. The van der Waals surface area contributed by atoms with E-state index < -0.39 is 0 Å². The lowest BCUT2D eigenvalue weighted by molar-refractivity contribution is -0.384. The third-order valence-electron chi connectivity index (χ3n) is 5.34. The van der Waals surface area contributed by atoms with E-state index in [-0.39, 0.29) is 10.6 Å². The van der Waals surface area contributed by atoms with Gasteiger partial charge in [-0.3, -0.25) is 15.1 Å². The van der Waals surface area contributed by atoms with Gasteiger partial charge in [0.1, 0.15) is 5.75 Å². The number of rotatable bonds is 7. The molecule has 0 aromatic heterocycles. The molecule has 160 valence electrons. The summed E-state index contributed by atoms with van der Waals surface area (Å²) < 4.78 is 0. The predicted molar refractivity (Wildman–Crippen MR) is 119 cm³/mol. The lowest BCUT2D eigenvalue weighted by Crippen LogP contribution is -2.52. The number of phenolic OH excluding ortho intramolecular Hbond substituents is 1. The fraction of sp³-hybridized carbons (Fsp3) is 0.409. The predicted octanol–water partition coefficient (Wildman–Crippen LogP) is 3.02. The highest BCUT2D eigenvalue weighted by Crippen LogP contribution is 2.27. The molecule has 3 rings (SSSR count). The molecule has 1 aliphatic heterocycles. The van der Waals surface area contributed by atoms with E-state index in [4.69, 9.17) is 0 Å². The summed E-state index contributed by atoms with van der Waals surface area (Å²) in [4.78, 5) is 19.2. The Bertz CT molecular complexity index is 861. The lowest BCUT2D eigenvalue weighted by atomic mass is 10.1. The zero-order chi connectivity index (χ0) is 21.3. The number of non-ortho nitro benzene ring substituents is 1. The highest BCUT2D eigenvalue weighted by Gasteiger charge is 2.21. The van der Waals surface area contributed by atoms with Crippen molar-refractivity contribution in [1.82, 2.24) is 10.2 Å². The smallest absolute Gasteiger partial charge is 0.269 e. The van der Waals surface area contributed by atoms with Crippen molar-refractivity contribution in [2.75, 3.05) is 44.7 Å². The second-order valence-electron chi connectivity index (χ2n) is 7.32. The number of benzene rings is 2. The van der Waals surface area contributed by atoms with Crippen LogP contribution in [0, 0.1) is 10.1 Å². The van der Waals surface area contributed by atoms with Gasteiger partial charge in [-0.2, -0.15) is 0 Å². The van der Waals surface area contributed by atoms with Crippen molar-refractivity contribution in [3.05, 3.63) is 64.2 Å². The number of nitrogens with zero attached hydrogens (tertiary/aromatic N) is 4. The van der Waals surface area contributed by atoms with Crippen LogP contribution in [0.1, 0.15) is 18.4 Å². The van der Waals surface area contributed by atoms with E-state index in [2.05, 4.69) is 20.1 Å². The van der Waals surface area contributed by atoms with Gasteiger partial charge in [0, 0.05) is 51.9 Å². The maximum atomic E-state index is 10.7. The van der Waals surface area contributed by atoms with Crippen LogP contribution in [0.5, 0.6) is 5.75 Å². The Kier molecular flexibility index (Phi) is 7.48. The SMILES string of the molecule is CN=C(NCCCCc1ccc([N+](=O)[O-])cc1)N1CCN(c2ccccc2O)CC1. The molecule has 2 aromatic rings. The Labute approximate surface area is 177 Å². The quantitative estimate of drug-likeness (QED) is 0.239. The molecule has 1 aliphatic rings. The van der Waals surface area contributed by atoms with Crippen LogP contribution in [0.15, 0.2) is 53.5 Å². The number of nitrogens with one attached hydrogen (secondary N) is 1. The average molecular weight is 412 g/mol. The minimum absolute atomic E-state index is 0.131. The topological polar surface area (TPSA) is 94.2 Å². The number of aliphatic imine (C=N–C) groups is 1. The number of unbranched alkanes of at least 4 members (excludes halogenated alkanes) is 1. The van der Waals surface area contributed by atoms with Crippen LogP contribution in [0.3, 0.4) is 0 Å². The van der Waals surface area contributed by atoms with Gasteiger partial charge in [-0.05, 0) is 37.0 Å². The van der Waals surface area contributed by atoms with Crippen molar-refractivity contribution in [3.63, 3.8) is 0 Å². The lowest BCUT2D eigenvalue weighted by Gasteiger charge is -2.37. The molecule has 30 heavy (non-hydrogen) atoms.